The number of nitrogens with one attached hydrogen (secondary N) is 1. The average Bonchev–Trinajstić information content (AvgIpc) is 2.65. The Morgan fingerprint density at radius 1 is 1.19 bits per heavy atom. The van der Waals surface area contributed by atoms with Crippen molar-refractivity contribution in [1.29, 1.82) is 0 Å². The van der Waals surface area contributed by atoms with Crippen molar-refractivity contribution in [3.8, 4) is 0 Å². The van der Waals surface area contributed by atoms with E-state index < -0.39 is 10.0 Å². The first kappa shape index (κ1) is 20.9. The van der Waals surface area contributed by atoms with Gasteiger partial charge in [-0.2, -0.15) is 4.31 Å². The molecule has 2 rings (SSSR count). The number of amides is 1. The fourth-order valence-electron chi connectivity index (χ4n) is 3.16. The summed E-state index contributed by atoms with van der Waals surface area (Å²) >= 11 is 0. The molecule has 1 fully saturated rings. The highest BCUT2D eigenvalue weighted by atomic mass is 32.2. The Bertz CT molecular complexity index is 678. The van der Waals surface area contributed by atoms with Gasteiger partial charge >= 0.3 is 0 Å². The van der Waals surface area contributed by atoms with Gasteiger partial charge in [-0.15, -0.1) is 0 Å². The van der Waals surface area contributed by atoms with Crippen molar-refractivity contribution >= 4 is 15.9 Å². The Morgan fingerprint density at radius 2 is 1.81 bits per heavy atom. The highest BCUT2D eigenvalue weighted by molar-refractivity contribution is 7.89. The second-order valence-corrected chi connectivity index (χ2v) is 9.06. The molecule has 0 unspecified atom stereocenters. The van der Waals surface area contributed by atoms with E-state index >= 15 is 0 Å². The van der Waals surface area contributed by atoms with Crippen LogP contribution in [-0.4, -0.2) is 63.8 Å². The molecule has 1 aliphatic rings. The fraction of sp³-hybridized carbons (Fsp3) is 0.632. The van der Waals surface area contributed by atoms with Crippen LogP contribution in [0.25, 0.3) is 0 Å². The van der Waals surface area contributed by atoms with Gasteiger partial charge in [0.15, 0.2) is 0 Å². The van der Waals surface area contributed by atoms with Crippen LogP contribution in [0.15, 0.2) is 29.2 Å². The summed E-state index contributed by atoms with van der Waals surface area (Å²) in [6.07, 6.45) is 2.95. The Morgan fingerprint density at radius 3 is 2.35 bits per heavy atom. The molecule has 1 aliphatic heterocycles. The third-order valence-electron chi connectivity index (χ3n) is 4.88. The minimum atomic E-state index is -3.47. The van der Waals surface area contributed by atoms with Gasteiger partial charge in [0.25, 0.3) is 0 Å². The van der Waals surface area contributed by atoms with Crippen LogP contribution in [0, 0.1) is 5.92 Å². The zero-order chi connectivity index (χ0) is 19.2. The van der Waals surface area contributed by atoms with Crippen molar-refractivity contribution in [2.75, 3.05) is 40.3 Å². The van der Waals surface area contributed by atoms with Gasteiger partial charge in [0.05, 0.1) is 4.90 Å². The van der Waals surface area contributed by atoms with Gasteiger partial charge in [0, 0.05) is 25.6 Å². The summed E-state index contributed by atoms with van der Waals surface area (Å²) in [4.78, 5) is 14.7. The van der Waals surface area contributed by atoms with Crippen LogP contribution in [0.5, 0.6) is 0 Å². The molecular weight excluding hydrogens is 350 g/mol. The van der Waals surface area contributed by atoms with Gasteiger partial charge in [-0.25, -0.2) is 8.42 Å². The quantitative estimate of drug-likeness (QED) is 0.696. The molecule has 7 heteroatoms. The smallest absolute Gasteiger partial charge is 0.243 e. The summed E-state index contributed by atoms with van der Waals surface area (Å²) < 4.78 is 27.0. The average molecular weight is 382 g/mol. The minimum Gasteiger partial charge on any atom is -0.356 e. The summed E-state index contributed by atoms with van der Waals surface area (Å²) in [5.74, 6) is -0.0450. The maximum absolute atomic E-state index is 12.8. The Kier molecular flexibility index (Phi) is 7.61. The van der Waals surface area contributed by atoms with E-state index in [2.05, 4.69) is 10.2 Å². The predicted molar refractivity (Wildman–Crippen MR) is 103 cm³/mol. The summed E-state index contributed by atoms with van der Waals surface area (Å²) in [6, 6.07) is 7.08. The first-order chi connectivity index (χ1) is 12.3. The molecule has 0 saturated carbocycles. The summed E-state index contributed by atoms with van der Waals surface area (Å²) in [5.41, 5.74) is 1.12. The lowest BCUT2D eigenvalue weighted by atomic mass is 9.97. The lowest BCUT2D eigenvalue weighted by Gasteiger charge is -2.30. The maximum Gasteiger partial charge on any atom is 0.243 e. The standard InChI is InChI=1S/C19H31N3O3S/c1-4-16-6-8-18(9-7-16)26(24,25)22-14-10-17(11-15-22)19(23)20-12-5-13-21(2)3/h6-9,17H,4-5,10-15H2,1-3H3,(H,20,23). The summed E-state index contributed by atoms with van der Waals surface area (Å²) in [6.45, 7) is 4.44. The Balaban J connectivity index is 1.85. The SMILES string of the molecule is CCc1ccc(S(=O)(=O)N2CCC(C(=O)NCCCN(C)C)CC2)cc1. The molecule has 1 aromatic carbocycles. The van der Waals surface area contributed by atoms with Crippen molar-refractivity contribution in [2.24, 2.45) is 5.92 Å². The number of benzene rings is 1. The second-order valence-electron chi connectivity index (χ2n) is 7.12. The van der Waals surface area contributed by atoms with E-state index in [0.717, 1.165) is 24.9 Å². The maximum atomic E-state index is 12.8. The van der Waals surface area contributed by atoms with Crippen LogP contribution >= 0.6 is 0 Å². The predicted octanol–water partition coefficient (Wildman–Crippen LogP) is 1.72. The fourth-order valence-corrected chi connectivity index (χ4v) is 4.63. The molecule has 0 aromatic heterocycles. The molecule has 0 radical (unpaired) electrons. The van der Waals surface area contributed by atoms with E-state index in [1.54, 1.807) is 12.1 Å². The number of carbonyl (C=O) groups is 1. The number of piperidine rings is 1. The van der Waals surface area contributed by atoms with Crippen LogP contribution in [0.3, 0.4) is 0 Å². The van der Waals surface area contributed by atoms with E-state index in [1.165, 1.54) is 4.31 Å². The van der Waals surface area contributed by atoms with E-state index in [0.29, 0.717) is 37.4 Å². The van der Waals surface area contributed by atoms with Gasteiger partial charge in [-0.3, -0.25) is 4.79 Å². The molecule has 1 amide bonds. The molecule has 1 heterocycles. The van der Waals surface area contributed by atoms with Gasteiger partial charge in [0.1, 0.15) is 0 Å². The molecule has 1 saturated heterocycles. The summed E-state index contributed by atoms with van der Waals surface area (Å²) in [5, 5.41) is 2.97. The van der Waals surface area contributed by atoms with Gasteiger partial charge in [0.2, 0.25) is 15.9 Å². The molecule has 6 nitrogen and oxygen atoms in total. The number of aryl methyl sites for hydroxylation is 1. The van der Waals surface area contributed by atoms with Crippen molar-refractivity contribution < 1.29 is 13.2 Å². The normalized spacial score (nSPS) is 16.8. The number of rotatable bonds is 8. The van der Waals surface area contributed by atoms with Crippen molar-refractivity contribution in [2.45, 2.75) is 37.5 Å². The molecule has 26 heavy (non-hydrogen) atoms. The highest BCUT2D eigenvalue weighted by Crippen LogP contribution is 2.24. The van der Waals surface area contributed by atoms with E-state index in [9.17, 15) is 13.2 Å². The van der Waals surface area contributed by atoms with Crippen molar-refractivity contribution in [3.63, 3.8) is 0 Å². The molecular formula is C19H31N3O3S. The Labute approximate surface area is 157 Å². The minimum absolute atomic E-state index is 0.0492. The molecule has 1 aromatic rings. The first-order valence-corrected chi connectivity index (χ1v) is 10.8. The number of sulfonamides is 1. The van der Waals surface area contributed by atoms with Crippen LogP contribution in [0.4, 0.5) is 0 Å². The largest absolute Gasteiger partial charge is 0.356 e. The molecule has 0 bridgehead atoms. The van der Waals surface area contributed by atoms with E-state index in [1.807, 2.05) is 33.2 Å². The molecule has 0 aliphatic carbocycles. The monoisotopic (exact) mass is 381 g/mol. The third kappa shape index (κ3) is 5.53. The van der Waals surface area contributed by atoms with E-state index in [-0.39, 0.29) is 11.8 Å². The highest BCUT2D eigenvalue weighted by Gasteiger charge is 2.31. The third-order valence-corrected chi connectivity index (χ3v) is 6.79. The number of hydrogen-bond acceptors (Lipinski definition) is 4. The zero-order valence-corrected chi connectivity index (χ0v) is 16.9. The van der Waals surface area contributed by atoms with Crippen molar-refractivity contribution in [1.82, 2.24) is 14.5 Å². The van der Waals surface area contributed by atoms with Gasteiger partial charge in [-0.05, 0) is 64.0 Å². The lowest BCUT2D eigenvalue weighted by molar-refractivity contribution is -0.126. The molecule has 1 N–H and O–H groups in total. The Hall–Kier alpha value is -1.44. The van der Waals surface area contributed by atoms with Gasteiger partial charge in [-0.1, -0.05) is 19.1 Å². The van der Waals surface area contributed by atoms with Crippen molar-refractivity contribution in [3.05, 3.63) is 29.8 Å². The van der Waals surface area contributed by atoms with Gasteiger partial charge < -0.3 is 10.2 Å². The number of nitrogens with zero attached hydrogens (tertiary/aromatic N) is 2. The first-order valence-electron chi connectivity index (χ1n) is 9.36. The van der Waals surface area contributed by atoms with Crippen LogP contribution < -0.4 is 5.32 Å². The number of hydrogen-bond donors (Lipinski definition) is 1. The van der Waals surface area contributed by atoms with E-state index in [4.69, 9.17) is 0 Å². The molecule has 0 atom stereocenters. The van der Waals surface area contributed by atoms with Crippen LogP contribution in [0.2, 0.25) is 0 Å². The molecule has 0 spiro atoms. The topological polar surface area (TPSA) is 69.7 Å². The second kappa shape index (κ2) is 9.48. The number of carbonyl (C=O) groups excluding carboxylic acids is 1. The van der Waals surface area contributed by atoms with Crippen LogP contribution in [0.1, 0.15) is 31.7 Å². The summed E-state index contributed by atoms with van der Waals surface area (Å²) in [7, 11) is 0.545. The zero-order valence-electron chi connectivity index (χ0n) is 16.1. The lowest BCUT2D eigenvalue weighted by Crippen LogP contribution is -2.43. The molecule has 146 valence electrons. The van der Waals surface area contributed by atoms with Crippen LogP contribution in [-0.2, 0) is 21.2 Å².